The number of sulfone groups is 1. The summed E-state index contributed by atoms with van der Waals surface area (Å²) in [7, 11) is -3.59. The molecule has 0 fully saturated rings. The molecular formula is C23H22O7S. The van der Waals surface area contributed by atoms with Crippen LogP contribution in [0.1, 0.15) is 15.9 Å². The molecule has 7 nitrogen and oxygen atoms in total. The van der Waals surface area contributed by atoms with Gasteiger partial charge in [-0.1, -0.05) is 30.3 Å². The Morgan fingerprint density at radius 1 is 0.839 bits per heavy atom. The highest BCUT2D eigenvalue weighted by Crippen LogP contribution is 2.23. The van der Waals surface area contributed by atoms with E-state index < -0.39 is 21.6 Å². The van der Waals surface area contributed by atoms with E-state index in [9.17, 15) is 18.3 Å². The Balaban J connectivity index is 1.52. The molecule has 2 N–H and O–H groups in total. The Labute approximate surface area is 180 Å². The van der Waals surface area contributed by atoms with Gasteiger partial charge in [0.1, 0.15) is 29.4 Å². The molecule has 0 unspecified atom stereocenters. The number of benzene rings is 3. The molecule has 0 aliphatic carbocycles. The van der Waals surface area contributed by atoms with Crippen LogP contribution in [0.15, 0.2) is 77.7 Å². The topological polar surface area (TPSA) is 110 Å². The Morgan fingerprint density at radius 2 is 1.48 bits per heavy atom. The highest BCUT2D eigenvalue weighted by atomic mass is 32.2. The van der Waals surface area contributed by atoms with Crippen molar-refractivity contribution in [2.45, 2.75) is 11.3 Å². The van der Waals surface area contributed by atoms with Crippen molar-refractivity contribution >= 4 is 15.8 Å². The third-order valence-corrected chi connectivity index (χ3v) is 6.20. The van der Waals surface area contributed by atoms with Crippen molar-refractivity contribution < 1.29 is 32.9 Å². The lowest BCUT2D eigenvalue weighted by Gasteiger charge is -2.10. The smallest absolute Gasteiger partial charge is 0.339 e. The highest BCUT2D eigenvalue weighted by molar-refractivity contribution is 7.91. The van der Waals surface area contributed by atoms with Gasteiger partial charge in [0.05, 0.1) is 17.3 Å². The number of aromatic carboxylic acids is 1. The van der Waals surface area contributed by atoms with E-state index in [1.54, 1.807) is 12.1 Å². The molecule has 0 radical (unpaired) electrons. The predicted molar refractivity (Wildman–Crippen MR) is 115 cm³/mol. The zero-order valence-corrected chi connectivity index (χ0v) is 17.4. The average molecular weight is 442 g/mol. The maximum Gasteiger partial charge on any atom is 0.339 e. The van der Waals surface area contributed by atoms with Crippen LogP contribution in [0.3, 0.4) is 0 Å². The number of phenols is 1. The lowest BCUT2D eigenvalue weighted by molar-refractivity contribution is 0.0693. The van der Waals surface area contributed by atoms with Gasteiger partial charge in [-0.15, -0.1) is 0 Å². The van der Waals surface area contributed by atoms with Crippen LogP contribution in [0.25, 0.3) is 0 Å². The SMILES string of the molecule is O=C(O)c1cc(OCCS(=O)(=O)c2ccc(OCCc3ccccc3)cc2)ccc1O. The van der Waals surface area contributed by atoms with Crippen LogP contribution < -0.4 is 9.47 Å². The fourth-order valence-corrected chi connectivity index (χ4v) is 3.93. The standard InChI is InChI=1S/C23H22O7S/c24-22-11-8-19(16-21(22)23(25)26)30-14-15-31(27,28)20-9-6-18(7-10-20)29-13-12-17-4-2-1-3-5-17/h1-11,16,24H,12-15H2,(H,25,26). The number of hydrogen-bond donors (Lipinski definition) is 2. The maximum atomic E-state index is 12.5. The molecule has 0 aliphatic rings. The number of rotatable bonds is 10. The van der Waals surface area contributed by atoms with E-state index in [1.165, 1.54) is 24.3 Å². The van der Waals surface area contributed by atoms with Crippen LogP contribution in [-0.4, -0.2) is 43.6 Å². The van der Waals surface area contributed by atoms with Gasteiger partial charge in [-0.25, -0.2) is 13.2 Å². The molecule has 0 bridgehead atoms. The number of carboxylic acids is 1. The number of hydrogen-bond acceptors (Lipinski definition) is 6. The van der Waals surface area contributed by atoms with Gasteiger partial charge < -0.3 is 19.7 Å². The van der Waals surface area contributed by atoms with E-state index in [4.69, 9.17) is 14.6 Å². The normalized spacial score (nSPS) is 11.1. The molecule has 0 spiro atoms. The minimum Gasteiger partial charge on any atom is -0.507 e. The minimum atomic E-state index is -3.59. The van der Waals surface area contributed by atoms with Crippen LogP contribution in [0.5, 0.6) is 17.2 Å². The molecule has 162 valence electrons. The molecule has 3 rings (SSSR count). The zero-order chi connectivity index (χ0) is 22.3. The summed E-state index contributed by atoms with van der Waals surface area (Å²) < 4.78 is 36.0. The van der Waals surface area contributed by atoms with Crippen molar-refractivity contribution in [1.29, 1.82) is 0 Å². The molecule has 3 aromatic rings. The molecule has 31 heavy (non-hydrogen) atoms. The van der Waals surface area contributed by atoms with Crippen LogP contribution in [0, 0.1) is 0 Å². The highest BCUT2D eigenvalue weighted by Gasteiger charge is 2.16. The molecule has 0 aromatic heterocycles. The first kappa shape index (κ1) is 22.2. The van der Waals surface area contributed by atoms with E-state index in [0.717, 1.165) is 18.1 Å². The third kappa shape index (κ3) is 6.23. The Kier molecular flexibility index (Phi) is 7.15. The van der Waals surface area contributed by atoms with Gasteiger partial charge in [0, 0.05) is 6.42 Å². The summed E-state index contributed by atoms with van der Waals surface area (Å²) in [5.41, 5.74) is 0.842. The second-order valence-electron chi connectivity index (χ2n) is 6.71. The monoisotopic (exact) mass is 442 g/mol. The molecule has 0 saturated carbocycles. The predicted octanol–water partition coefficient (Wildman–Crippen LogP) is 3.56. The van der Waals surface area contributed by atoms with Gasteiger partial charge in [0.15, 0.2) is 9.84 Å². The number of carboxylic acid groups (broad SMARTS) is 1. The van der Waals surface area contributed by atoms with Crippen LogP contribution in [0.2, 0.25) is 0 Å². The first-order valence-electron chi connectivity index (χ1n) is 9.54. The van der Waals surface area contributed by atoms with Crippen molar-refractivity contribution in [2.75, 3.05) is 19.0 Å². The summed E-state index contributed by atoms with van der Waals surface area (Å²) in [6.07, 6.45) is 0.749. The van der Waals surface area contributed by atoms with Gasteiger partial charge in [0.2, 0.25) is 0 Å². The maximum absolute atomic E-state index is 12.5. The van der Waals surface area contributed by atoms with Crippen molar-refractivity contribution in [1.82, 2.24) is 0 Å². The second-order valence-corrected chi connectivity index (χ2v) is 8.82. The molecule has 0 atom stereocenters. The van der Waals surface area contributed by atoms with E-state index in [1.807, 2.05) is 30.3 Å². The van der Waals surface area contributed by atoms with Crippen molar-refractivity contribution in [3.8, 4) is 17.2 Å². The van der Waals surface area contributed by atoms with Crippen molar-refractivity contribution in [2.24, 2.45) is 0 Å². The number of aromatic hydroxyl groups is 1. The Hall–Kier alpha value is -3.52. The lowest BCUT2D eigenvalue weighted by Crippen LogP contribution is -2.14. The minimum absolute atomic E-state index is 0.142. The van der Waals surface area contributed by atoms with E-state index in [0.29, 0.717) is 12.4 Å². The largest absolute Gasteiger partial charge is 0.507 e. The fraction of sp³-hybridized carbons (Fsp3) is 0.174. The quantitative estimate of drug-likeness (QED) is 0.494. The Bertz CT molecular complexity index is 1120. The van der Waals surface area contributed by atoms with Gasteiger partial charge in [-0.3, -0.25) is 0 Å². The van der Waals surface area contributed by atoms with Gasteiger partial charge in [-0.05, 0) is 48.0 Å². The first-order chi connectivity index (χ1) is 14.8. The van der Waals surface area contributed by atoms with E-state index in [-0.39, 0.29) is 28.6 Å². The summed E-state index contributed by atoms with van der Waals surface area (Å²) in [4.78, 5) is 11.2. The van der Waals surface area contributed by atoms with Crippen LogP contribution in [0.4, 0.5) is 0 Å². The van der Waals surface area contributed by atoms with Gasteiger partial charge in [0.25, 0.3) is 0 Å². The Morgan fingerprint density at radius 3 is 2.16 bits per heavy atom. The summed E-state index contributed by atoms with van der Waals surface area (Å²) in [5, 5.41) is 18.5. The van der Waals surface area contributed by atoms with Gasteiger partial charge in [-0.2, -0.15) is 0 Å². The summed E-state index contributed by atoms with van der Waals surface area (Å²) in [6, 6.07) is 19.8. The van der Waals surface area contributed by atoms with Crippen LogP contribution >= 0.6 is 0 Å². The van der Waals surface area contributed by atoms with E-state index >= 15 is 0 Å². The summed E-state index contributed by atoms with van der Waals surface area (Å²) in [6.45, 7) is 0.316. The van der Waals surface area contributed by atoms with Crippen molar-refractivity contribution in [3.63, 3.8) is 0 Å². The third-order valence-electron chi connectivity index (χ3n) is 4.50. The molecular weight excluding hydrogens is 420 g/mol. The summed E-state index contributed by atoms with van der Waals surface area (Å²) >= 11 is 0. The first-order valence-corrected chi connectivity index (χ1v) is 11.2. The fourth-order valence-electron chi connectivity index (χ4n) is 2.84. The molecule has 8 heteroatoms. The zero-order valence-electron chi connectivity index (χ0n) is 16.6. The second kappa shape index (κ2) is 9.99. The number of carbonyl (C=O) groups is 1. The van der Waals surface area contributed by atoms with Gasteiger partial charge >= 0.3 is 5.97 Å². The molecule has 0 heterocycles. The van der Waals surface area contributed by atoms with Crippen molar-refractivity contribution in [3.05, 3.63) is 83.9 Å². The molecule has 0 aliphatic heterocycles. The van der Waals surface area contributed by atoms with Crippen LogP contribution in [-0.2, 0) is 16.3 Å². The number of ether oxygens (including phenoxy) is 2. The van der Waals surface area contributed by atoms with E-state index in [2.05, 4.69) is 0 Å². The average Bonchev–Trinajstić information content (AvgIpc) is 2.76. The molecule has 3 aromatic carbocycles. The molecule has 0 saturated heterocycles. The molecule has 0 amide bonds. The summed E-state index contributed by atoms with van der Waals surface area (Å²) in [5.74, 6) is -1.24. The lowest BCUT2D eigenvalue weighted by atomic mass is 10.2.